The highest BCUT2D eigenvalue weighted by Crippen LogP contribution is 2.21. The van der Waals surface area contributed by atoms with Gasteiger partial charge in [0, 0.05) is 17.6 Å². The lowest BCUT2D eigenvalue weighted by atomic mass is 10.2. The van der Waals surface area contributed by atoms with Gasteiger partial charge in [-0.05, 0) is 60.7 Å². The molecule has 34 heavy (non-hydrogen) atoms. The van der Waals surface area contributed by atoms with Crippen LogP contribution >= 0.6 is 11.8 Å². The summed E-state index contributed by atoms with van der Waals surface area (Å²) in [6.45, 7) is -0.517. The molecule has 0 atom stereocenters. The number of benzene rings is 2. The van der Waals surface area contributed by atoms with Gasteiger partial charge in [0.05, 0.1) is 34.6 Å². The zero-order valence-electron chi connectivity index (χ0n) is 17.6. The summed E-state index contributed by atoms with van der Waals surface area (Å²) in [5, 5.41) is 23.2. The molecule has 0 aliphatic carbocycles. The quantitative estimate of drug-likeness (QED) is 0.376. The molecule has 168 valence electrons. The lowest BCUT2D eigenvalue weighted by Crippen LogP contribution is -2.21. The van der Waals surface area contributed by atoms with Gasteiger partial charge < -0.3 is 15.4 Å². The summed E-state index contributed by atoms with van der Waals surface area (Å²) in [4.78, 5) is 40.9. The van der Waals surface area contributed by atoms with Crippen molar-refractivity contribution in [1.82, 2.24) is 4.98 Å². The Bertz CT molecular complexity index is 1280. The van der Waals surface area contributed by atoms with Gasteiger partial charge in [-0.1, -0.05) is 11.8 Å². The summed E-state index contributed by atoms with van der Waals surface area (Å²) < 4.78 is 5.09. The highest BCUT2D eigenvalue weighted by atomic mass is 32.2. The van der Waals surface area contributed by atoms with Crippen molar-refractivity contribution in [3.8, 4) is 12.1 Å². The number of carbonyl (C=O) groups excluding carboxylic acids is 3. The monoisotopic (exact) mass is 471 g/mol. The Labute approximate surface area is 199 Å². The van der Waals surface area contributed by atoms with E-state index in [1.54, 1.807) is 54.6 Å². The van der Waals surface area contributed by atoms with Crippen LogP contribution in [0.4, 0.5) is 11.4 Å². The minimum atomic E-state index is -0.752. The molecule has 0 spiro atoms. The number of ether oxygens (including phenoxy) is 1. The van der Waals surface area contributed by atoms with Gasteiger partial charge in [-0.15, -0.1) is 0 Å². The van der Waals surface area contributed by atoms with Gasteiger partial charge in [0.2, 0.25) is 5.91 Å². The molecule has 0 aliphatic heterocycles. The number of thioether (sulfide) groups is 1. The molecule has 10 heteroatoms. The average Bonchev–Trinajstić information content (AvgIpc) is 2.87. The number of carbonyl (C=O) groups is 3. The largest absolute Gasteiger partial charge is 0.452 e. The fraction of sp³-hybridized carbons (Fsp3) is 0.0833. The Morgan fingerprint density at radius 2 is 1.41 bits per heavy atom. The predicted octanol–water partition coefficient (Wildman–Crippen LogP) is 3.35. The first-order valence-electron chi connectivity index (χ1n) is 9.83. The van der Waals surface area contributed by atoms with Crippen molar-refractivity contribution in [2.24, 2.45) is 0 Å². The molecular formula is C24H17N5O4S. The average molecular weight is 471 g/mol. The molecule has 0 radical (unpaired) electrons. The minimum Gasteiger partial charge on any atom is -0.452 e. The first kappa shape index (κ1) is 24.0. The Morgan fingerprint density at radius 3 is 1.97 bits per heavy atom. The summed E-state index contributed by atoms with van der Waals surface area (Å²) in [6, 6.07) is 19.7. The number of nitrogens with one attached hydrogen (secondary N) is 2. The van der Waals surface area contributed by atoms with E-state index in [2.05, 4.69) is 15.6 Å². The van der Waals surface area contributed by atoms with Crippen LogP contribution < -0.4 is 10.6 Å². The van der Waals surface area contributed by atoms with E-state index in [0.29, 0.717) is 22.5 Å². The van der Waals surface area contributed by atoms with Gasteiger partial charge in [-0.2, -0.15) is 10.5 Å². The third-order valence-corrected chi connectivity index (χ3v) is 5.27. The van der Waals surface area contributed by atoms with Crippen LogP contribution in [-0.4, -0.2) is 35.1 Å². The van der Waals surface area contributed by atoms with E-state index in [9.17, 15) is 14.4 Å². The Balaban J connectivity index is 1.52. The first-order chi connectivity index (χ1) is 16.5. The van der Waals surface area contributed by atoms with Crippen LogP contribution in [0.5, 0.6) is 0 Å². The second-order valence-electron chi connectivity index (χ2n) is 6.70. The lowest BCUT2D eigenvalue weighted by molar-refractivity contribution is -0.119. The summed E-state index contributed by atoms with van der Waals surface area (Å²) in [5.74, 6) is -1.63. The fourth-order valence-corrected chi connectivity index (χ4v) is 3.44. The molecule has 1 aromatic heterocycles. The van der Waals surface area contributed by atoms with Crippen LogP contribution in [0, 0.1) is 22.7 Å². The molecule has 0 fully saturated rings. The minimum absolute atomic E-state index is 0.0174. The summed E-state index contributed by atoms with van der Waals surface area (Å²) in [6.07, 6.45) is 1.48. The zero-order chi connectivity index (χ0) is 24.3. The number of amides is 2. The third kappa shape index (κ3) is 6.92. The third-order valence-electron chi connectivity index (χ3n) is 4.26. The molecule has 0 bridgehead atoms. The van der Waals surface area contributed by atoms with Crippen molar-refractivity contribution < 1.29 is 19.1 Å². The second-order valence-corrected chi connectivity index (χ2v) is 7.66. The van der Waals surface area contributed by atoms with Gasteiger partial charge in [0.15, 0.2) is 6.61 Å². The molecule has 1 heterocycles. The highest BCUT2D eigenvalue weighted by Gasteiger charge is 2.17. The van der Waals surface area contributed by atoms with Crippen LogP contribution in [0.2, 0.25) is 0 Å². The van der Waals surface area contributed by atoms with Crippen LogP contribution in [0.3, 0.4) is 0 Å². The molecule has 0 saturated heterocycles. The Kier molecular flexibility index (Phi) is 8.33. The summed E-state index contributed by atoms with van der Waals surface area (Å²) in [7, 11) is 0. The standard InChI is InChI=1S/C24H17N5O4S/c25-12-16-3-7-18(8-4-16)28-21(30)14-33-24(32)20-2-1-11-27-23(20)34-15-22(31)29-19-9-5-17(13-26)6-10-19/h1-11H,14-15H2,(H,28,30)(H,29,31). The van der Waals surface area contributed by atoms with E-state index in [-0.39, 0.29) is 22.2 Å². The SMILES string of the molecule is N#Cc1ccc(NC(=O)COC(=O)c2cccnc2SCC(=O)Nc2ccc(C#N)cc2)cc1. The number of pyridine rings is 1. The van der Waals surface area contributed by atoms with Crippen LogP contribution in [0.15, 0.2) is 71.9 Å². The van der Waals surface area contributed by atoms with Gasteiger partial charge in [-0.3, -0.25) is 9.59 Å². The maximum Gasteiger partial charge on any atom is 0.341 e. The van der Waals surface area contributed by atoms with Crippen molar-refractivity contribution in [1.29, 1.82) is 10.5 Å². The summed E-state index contributed by atoms with van der Waals surface area (Å²) in [5.41, 5.74) is 2.07. The van der Waals surface area contributed by atoms with E-state index in [4.69, 9.17) is 15.3 Å². The van der Waals surface area contributed by atoms with Crippen molar-refractivity contribution in [3.63, 3.8) is 0 Å². The van der Waals surface area contributed by atoms with Gasteiger partial charge in [-0.25, -0.2) is 9.78 Å². The van der Waals surface area contributed by atoms with Crippen molar-refractivity contribution >= 4 is 40.9 Å². The predicted molar refractivity (Wildman–Crippen MR) is 125 cm³/mol. The van der Waals surface area contributed by atoms with E-state index in [1.807, 2.05) is 12.1 Å². The Morgan fingerprint density at radius 1 is 0.853 bits per heavy atom. The maximum absolute atomic E-state index is 12.5. The molecule has 2 aromatic carbocycles. The second kappa shape index (κ2) is 11.8. The smallest absolute Gasteiger partial charge is 0.341 e. The van der Waals surface area contributed by atoms with E-state index >= 15 is 0 Å². The number of hydrogen-bond acceptors (Lipinski definition) is 8. The molecule has 2 N–H and O–H groups in total. The number of aromatic nitrogens is 1. The number of nitriles is 2. The maximum atomic E-state index is 12.5. The number of rotatable bonds is 8. The number of anilines is 2. The van der Waals surface area contributed by atoms with Crippen LogP contribution in [0.1, 0.15) is 21.5 Å². The molecule has 2 amide bonds. The van der Waals surface area contributed by atoms with Crippen molar-refractivity contribution in [2.75, 3.05) is 23.0 Å². The molecule has 0 aliphatic rings. The van der Waals surface area contributed by atoms with E-state index in [0.717, 1.165) is 11.8 Å². The molecule has 0 unspecified atom stereocenters. The molecule has 3 aromatic rings. The van der Waals surface area contributed by atoms with Gasteiger partial charge in [0.1, 0.15) is 5.03 Å². The van der Waals surface area contributed by atoms with E-state index < -0.39 is 18.5 Å². The zero-order valence-corrected chi connectivity index (χ0v) is 18.5. The van der Waals surface area contributed by atoms with Crippen LogP contribution in [0.25, 0.3) is 0 Å². The van der Waals surface area contributed by atoms with Crippen LogP contribution in [-0.2, 0) is 14.3 Å². The molecule has 9 nitrogen and oxygen atoms in total. The molecule has 3 rings (SSSR count). The number of nitrogens with zero attached hydrogens (tertiary/aromatic N) is 3. The Hall–Kier alpha value is -4.67. The normalized spacial score (nSPS) is 9.82. The summed E-state index contributed by atoms with van der Waals surface area (Å²) >= 11 is 1.05. The number of esters is 1. The first-order valence-corrected chi connectivity index (χ1v) is 10.8. The molecule has 0 saturated carbocycles. The lowest BCUT2D eigenvalue weighted by Gasteiger charge is -2.09. The van der Waals surface area contributed by atoms with E-state index in [1.165, 1.54) is 12.3 Å². The van der Waals surface area contributed by atoms with Crippen molar-refractivity contribution in [2.45, 2.75) is 5.03 Å². The van der Waals surface area contributed by atoms with Gasteiger partial charge >= 0.3 is 5.97 Å². The van der Waals surface area contributed by atoms with Gasteiger partial charge in [0.25, 0.3) is 5.91 Å². The highest BCUT2D eigenvalue weighted by molar-refractivity contribution is 8.00. The topological polar surface area (TPSA) is 145 Å². The number of hydrogen-bond donors (Lipinski definition) is 2. The van der Waals surface area contributed by atoms with Crippen molar-refractivity contribution in [3.05, 3.63) is 83.6 Å². The fourth-order valence-electron chi connectivity index (χ4n) is 2.65. The molecular weight excluding hydrogens is 454 g/mol.